The maximum absolute atomic E-state index is 13.0. The number of nitrogens with one attached hydrogen (secondary N) is 1. The highest BCUT2D eigenvalue weighted by Crippen LogP contribution is 2.33. The van der Waals surface area contributed by atoms with Crippen LogP contribution in [0.15, 0.2) is 30.5 Å². The summed E-state index contributed by atoms with van der Waals surface area (Å²) in [4.78, 5) is 30.7. The summed E-state index contributed by atoms with van der Waals surface area (Å²) in [6.07, 6.45) is 1.92. The number of carbonyl (C=O) groups excluding carboxylic acids is 2. The van der Waals surface area contributed by atoms with Gasteiger partial charge in [0.05, 0.1) is 12.7 Å². The van der Waals surface area contributed by atoms with Crippen molar-refractivity contribution < 1.29 is 9.59 Å². The van der Waals surface area contributed by atoms with Crippen LogP contribution in [-0.4, -0.2) is 26.4 Å². The standard InChI is InChI=1S/C16H16Cl2N4O2/c1-3-16(10-4-6-11(17)7-5-10)14(23)22(15(24)20-16)9-13-19-8-12(18)21(13)2/h4-8H,3,9H2,1-2H3,(H,20,24). The molecule has 0 bridgehead atoms. The summed E-state index contributed by atoms with van der Waals surface area (Å²) in [5.74, 6) is 0.225. The average Bonchev–Trinajstić information content (AvgIpc) is 3.01. The molecule has 126 valence electrons. The van der Waals surface area contributed by atoms with Crippen molar-refractivity contribution in [1.29, 1.82) is 0 Å². The maximum Gasteiger partial charge on any atom is 0.325 e. The number of nitrogens with zero attached hydrogens (tertiary/aromatic N) is 3. The largest absolute Gasteiger partial charge is 0.325 e. The SMILES string of the molecule is CCC1(c2ccc(Cl)cc2)NC(=O)N(Cc2ncc(Cl)n2C)C1=O. The van der Waals surface area contributed by atoms with Crippen LogP contribution in [0.25, 0.3) is 0 Å². The summed E-state index contributed by atoms with van der Waals surface area (Å²) >= 11 is 11.9. The van der Waals surface area contributed by atoms with Gasteiger partial charge in [0.15, 0.2) is 0 Å². The topological polar surface area (TPSA) is 67.2 Å². The Bertz CT molecular complexity index is 803. The lowest BCUT2D eigenvalue weighted by Gasteiger charge is -2.25. The Morgan fingerprint density at radius 3 is 2.42 bits per heavy atom. The molecular formula is C16H16Cl2N4O2. The van der Waals surface area contributed by atoms with E-state index in [-0.39, 0.29) is 12.5 Å². The number of halogens is 2. The van der Waals surface area contributed by atoms with E-state index in [9.17, 15) is 9.59 Å². The van der Waals surface area contributed by atoms with Gasteiger partial charge in [-0.15, -0.1) is 0 Å². The van der Waals surface area contributed by atoms with Gasteiger partial charge in [-0.3, -0.25) is 9.69 Å². The Balaban J connectivity index is 1.94. The molecule has 24 heavy (non-hydrogen) atoms. The Morgan fingerprint density at radius 1 is 1.21 bits per heavy atom. The van der Waals surface area contributed by atoms with Crippen molar-refractivity contribution in [2.75, 3.05) is 0 Å². The normalized spacial score (nSPS) is 20.6. The van der Waals surface area contributed by atoms with Crippen LogP contribution in [-0.2, 0) is 23.9 Å². The third-order valence-corrected chi connectivity index (χ3v) is 4.97. The second-order valence-corrected chi connectivity index (χ2v) is 6.47. The molecule has 3 amide bonds. The average molecular weight is 367 g/mol. The molecule has 8 heteroatoms. The fourth-order valence-electron chi connectivity index (χ4n) is 2.86. The van der Waals surface area contributed by atoms with Gasteiger partial charge >= 0.3 is 6.03 Å². The number of rotatable bonds is 4. The van der Waals surface area contributed by atoms with Gasteiger partial charge in [0.1, 0.15) is 16.5 Å². The van der Waals surface area contributed by atoms with Gasteiger partial charge in [-0.05, 0) is 24.1 Å². The number of hydrogen-bond acceptors (Lipinski definition) is 3. The molecule has 0 radical (unpaired) electrons. The summed E-state index contributed by atoms with van der Waals surface area (Å²) < 4.78 is 1.64. The lowest BCUT2D eigenvalue weighted by atomic mass is 9.87. The van der Waals surface area contributed by atoms with Crippen LogP contribution in [0.2, 0.25) is 10.2 Å². The van der Waals surface area contributed by atoms with Crippen LogP contribution in [0.5, 0.6) is 0 Å². The minimum Gasteiger partial charge on any atom is -0.321 e. The molecule has 6 nitrogen and oxygen atoms in total. The smallest absolute Gasteiger partial charge is 0.321 e. The summed E-state index contributed by atoms with van der Waals surface area (Å²) in [5, 5.41) is 3.84. The molecule has 1 aromatic heterocycles. The van der Waals surface area contributed by atoms with Crippen LogP contribution in [0, 0.1) is 0 Å². The first-order valence-electron chi connectivity index (χ1n) is 7.45. The fourth-order valence-corrected chi connectivity index (χ4v) is 3.13. The van der Waals surface area contributed by atoms with Crippen molar-refractivity contribution in [3.8, 4) is 0 Å². The molecule has 1 atom stereocenters. The molecule has 1 saturated heterocycles. The summed E-state index contributed by atoms with van der Waals surface area (Å²) in [6.45, 7) is 1.91. The Morgan fingerprint density at radius 2 is 1.88 bits per heavy atom. The third-order valence-electron chi connectivity index (χ3n) is 4.37. The van der Waals surface area contributed by atoms with E-state index in [0.29, 0.717) is 28.0 Å². The molecular weight excluding hydrogens is 351 g/mol. The van der Waals surface area contributed by atoms with Gasteiger partial charge in [0.25, 0.3) is 5.91 Å². The fraction of sp³-hybridized carbons (Fsp3) is 0.312. The van der Waals surface area contributed by atoms with Crippen LogP contribution < -0.4 is 5.32 Å². The van der Waals surface area contributed by atoms with Crippen LogP contribution >= 0.6 is 23.2 Å². The van der Waals surface area contributed by atoms with Crippen molar-refractivity contribution in [2.45, 2.75) is 25.4 Å². The van der Waals surface area contributed by atoms with Gasteiger partial charge in [0.2, 0.25) is 0 Å². The number of carbonyl (C=O) groups is 2. The quantitative estimate of drug-likeness (QED) is 0.845. The maximum atomic E-state index is 13.0. The first kappa shape index (κ1) is 16.8. The predicted octanol–water partition coefficient (Wildman–Crippen LogP) is 3.08. The highest BCUT2D eigenvalue weighted by Gasteiger charge is 2.51. The van der Waals surface area contributed by atoms with Crippen LogP contribution in [0.4, 0.5) is 4.79 Å². The first-order valence-corrected chi connectivity index (χ1v) is 8.21. The lowest BCUT2D eigenvalue weighted by Crippen LogP contribution is -2.43. The van der Waals surface area contributed by atoms with Crippen LogP contribution in [0.1, 0.15) is 24.7 Å². The molecule has 1 N–H and O–H groups in total. The second-order valence-electron chi connectivity index (χ2n) is 5.64. The van der Waals surface area contributed by atoms with E-state index in [2.05, 4.69) is 10.3 Å². The molecule has 0 saturated carbocycles. The van der Waals surface area contributed by atoms with Gasteiger partial charge in [0, 0.05) is 12.1 Å². The molecule has 1 fully saturated rings. The molecule has 2 heterocycles. The predicted molar refractivity (Wildman–Crippen MR) is 90.7 cm³/mol. The van der Waals surface area contributed by atoms with Crippen molar-refractivity contribution in [1.82, 2.24) is 19.8 Å². The second kappa shape index (κ2) is 6.11. The zero-order chi connectivity index (χ0) is 17.5. The number of amides is 3. The zero-order valence-corrected chi connectivity index (χ0v) is 14.7. The summed E-state index contributed by atoms with van der Waals surface area (Å²) in [5.41, 5.74) is -0.385. The summed E-state index contributed by atoms with van der Waals surface area (Å²) in [7, 11) is 1.73. The van der Waals surface area contributed by atoms with E-state index < -0.39 is 11.6 Å². The van der Waals surface area contributed by atoms with Crippen molar-refractivity contribution >= 4 is 35.1 Å². The molecule has 1 aliphatic heterocycles. The van der Waals surface area contributed by atoms with E-state index in [1.54, 1.807) is 35.9 Å². The van der Waals surface area contributed by atoms with Crippen molar-refractivity contribution in [3.05, 3.63) is 52.0 Å². The van der Waals surface area contributed by atoms with E-state index in [0.717, 1.165) is 4.90 Å². The van der Waals surface area contributed by atoms with E-state index >= 15 is 0 Å². The Kier molecular flexibility index (Phi) is 4.27. The number of imidazole rings is 1. The molecule has 1 unspecified atom stereocenters. The van der Waals surface area contributed by atoms with Crippen molar-refractivity contribution in [2.24, 2.45) is 7.05 Å². The van der Waals surface area contributed by atoms with Crippen LogP contribution in [0.3, 0.4) is 0 Å². The van der Waals surface area contributed by atoms with Gasteiger partial charge in [-0.25, -0.2) is 9.78 Å². The zero-order valence-electron chi connectivity index (χ0n) is 13.2. The lowest BCUT2D eigenvalue weighted by molar-refractivity contribution is -0.132. The number of hydrogen-bond donors (Lipinski definition) is 1. The minimum atomic E-state index is -1.09. The molecule has 0 spiro atoms. The van der Waals surface area contributed by atoms with Gasteiger partial charge in [-0.2, -0.15) is 0 Å². The Hall–Kier alpha value is -2.05. The minimum absolute atomic E-state index is 0.0588. The highest BCUT2D eigenvalue weighted by molar-refractivity contribution is 6.30. The number of aromatic nitrogens is 2. The molecule has 2 aromatic rings. The third kappa shape index (κ3) is 2.56. The highest BCUT2D eigenvalue weighted by atomic mass is 35.5. The van der Waals surface area contributed by atoms with Gasteiger partial charge < -0.3 is 9.88 Å². The van der Waals surface area contributed by atoms with E-state index in [1.165, 1.54) is 6.20 Å². The number of benzene rings is 1. The molecule has 0 aliphatic carbocycles. The summed E-state index contributed by atoms with van der Waals surface area (Å²) in [6, 6.07) is 6.47. The molecule has 1 aromatic carbocycles. The number of imide groups is 1. The van der Waals surface area contributed by atoms with E-state index in [4.69, 9.17) is 23.2 Å². The number of urea groups is 1. The van der Waals surface area contributed by atoms with Gasteiger partial charge in [-0.1, -0.05) is 42.3 Å². The van der Waals surface area contributed by atoms with Crippen molar-refractivity contribution in [3.63, 3.8) is 0 Å². The Labute approximate surface area is 149 Å². The van der Waals surface area contributed by atoms with E-state index in [1.807, 2.05) is 6.92 Å². The first-order chi connectivity index (χ1) is 11.4. The molecule has 1 aliphatic rings. The monoisotopic (exact) mass is 366 g/mol. The molecule has 3 rings (SSSR count).